The third kappa shape index (κ3) is 10.0. The molecule has 0 aromatic carbocycles. The fourth-order valence-electron chi connectivity index (χ4n) is 0.172. The van der Waals surface area contributed by atoms with Crippen LogP contribution in [0.25, 0.3) is 0 Å². The summed E-state index contributed by atoms with van der Waals surface area (Å²) in [6, 6.07) is 0. The van der Waals surface area contributed by atoms with E-state index in [0.29, 0.717) is 5.41 Å². The maximum absolute atomic E-state index is 9.70. The van der Waals surface area contributed by atoms with Gasteiger partial charge in [0.1, 0.15) is 0 Å². The molecule has 0 amide bonds. The van der Waals surface area contributed by atoms with E-state index in [0.717, 1.165) is 0 Å². The van der Waals surface area contributed by atoms with Gasteiger partial charge in [-0.15, -0.1) is 0 Å². The SMILES string of the molecule is CC=CS(=O)(=O)O.[CaH2]. The molecule has 5 heteroatoms. The average molecular weight is 164 g/mol. The van der Waals surface area contributed by atoms with Crippen molar-refractivity contribution in [3.8, 4) is 0 Å². The van der Waals surface area contributed by atoms with Crippen molar-refractivity contribution >= 4 is 47.9 Å². The summed E-state index contributed by atoms with van der Waals surface area (Å²) in [4.78, 5) is 0. The van der Waals surface area contributed by atoms with E-state index in [1.54, 1.807) is 0 Å². The fourth-order valence-corrected chi connectivity index (χ4v) is 0.516. The third-order valence-electron chi connectivity index (χ3n) is 0.308. The third-order valence-corrected chi connectivity index (χ3v) is 0.924. The summed E-state index contributed by atoms with van der Waals surface area (Å²) in [7, 11) is -3.85. The first-order chi connectivity index (χ1) is 3.06. The predicted molar refractivity (Wildman–Crippen MR) is 34.9 cm³/mol. The molecule has 1 N–H and O–H groups in total. The normalized spacial score (nSPS) is 11.2. The molecule has 8 heavy (non-hydrogen) atoms. The molecule has 0 radical (unpaired) electrons. The summed E-state index contributed by atoms with van der Waals surface area (Å²) in [5, 5.41) is 0.715. The first-order valence-corrected chi connectivity index (χ1v) is 3.17. The van der Waals surface area contributed by atoms with Gasteiger partial charge in [-0.2, -0.15) is 8.42 Å². The number of rotatable bonds is 1. The summed E-state index contributed by atoms with van der Waals surface area (Å²) >= 11 is 0. The van der Waals surface area contributed by atoms with E-state index < -0.39 is 10.1 Å². The zero-order chi connectivity index (χ0) is 5.91. The van der Waals surface area contributed by atoms with E-state index in [-0.39, 0.29) is 37.7 Å². The second-order valence-electron chi connectivity index (χ2n) is 0.984. The van der Waals surface area contributed by atoms with E-state index in [9.17, 15) is 8.42 Å². The Morgan fingerprint density at radius 2 is 1.88 bits per heavy atom. The molecule has 3 nitrogen and oxygen atoms in total. The molecule has 0 aliphatic carbocycles. The van der Waals surface area contributed by atoms with Gasteiger partial charge in [0, 0.05) is 0 Å². The minimum absolute atomic E-state index is 0. The van der Waals surface area contributed by atoms with Gasteiger partial charge in [0.2, 0.25) is 0 Å². The Hall–Kier alpha value is 0.910. The van der Waals surface area contributed by atoms with Crippen LogP contribution in [0.3, 0.4) is 0 Å². The van der Waals surface area contributed by atoms with Gasteiger partial charge < -0.3 is 0 Å². The molecule has 0 aliphatic heterocycles. The van der Waals surface area contributed by atoms with Crippen molar-refractivity contribution < 1.29 is 13.0 Å². The van der Waals surface area contributed by atoms with E-state index in [1.807, 2.05) is 0 Å². The predicted octanol–water partition coefficient (Wildman–Crippen LogP) is -0.508. The minimum atomic E-state index is -3.85. The second kappa shape index (κ2) is 4.76. The molecular weight excluding hydrogens is 156 g/mol. The fraction of sp³-hybridized carbons (Fsp3) is 0.333. The molecule has 0 saturated carbocycles. The summed E-state index contributed by atoms with van der Waals surface area (Å²) in [5.41, 5.74) is 0. The summed E-state index contributed by atoms with van der Waals surface area (Å²) in [6.07, 6.45) is 1.25. The standard InChI is InChI=1S/C3H6O3S.Ca.2H/c1-2-3-7(4,5)6;;;/h2-3H,1H3,(H,4,5,6);;;. The van der Waals surface area contributed by atoms with Crippen molar-refractivity contribution in [2.24, 2.45) is 0 Å². The Morgan fingerprint density at radius 3 is 1.88 bits per heavy atom. The maximum atomic E-state index is 9.70. The molecule has 46 valence electrons. The van der Waals surface area contributed by atoms with Crippen LogP contribution in [0.1, 0.15) is 6.92 Å². The Bertz CT molecular complexity index is 157. The molecule has 0 rings (SSSR count). The van der Waals surface area contributed by atoms with Crippen LogP contribution < -0.4 is 0 Å². The molecule has 0 atom stereocenters. The summed E-state index contributed by atoms with van der Waals surface area (Å²) < 4.78 is 27.3. The van der Waals surface area contributed by atoms with Gasteiger partial charge in [0.05, 0.1) is 5.41 Å². The number of allylic oxidation sites excluding steroid dienone is 1. The van der Waals surface area contributed by atoms with Crippen molar-refractivity contribution in [2.75, 3.05) is 0 Å². The monoisotopic (exact) mass is 164 g/mol. The van der Waals surface area contributed by atoms with E-state index in [2.05, 4.69) is 0 Å². The van der Waals surface area contributed by atoms with Crippen LogP contribution >= 0.6 is 0 Å². The van der Waals surface area contributed by atoms with Crippen molar-refractivity contribution in [1.29, 1.82) is 0 Å². The van der Waals surface area contributed by atoms with Crippen molar-refractivity contribution in [3.05, 3.63) is 11.5 Å². The van der Waals surface area contributed by atoms with E-state index in [4.69, 9.17) is 4.55 Å². The first kappa shape index (κ1) is 11.7. The van der Waals surface area contributed by atoms with Crippen molar-refractivity contribution in [3.63, 3.8) is 0 Å². The Morgan fingerprint density at radius 1 is 1.50 bits per heavy atom. The zero-order valence-electron chi connectivity index (χ0n) is 3.83. The van der Waals surface area contributed by atoms with Crippen LogP contribution in [-0.4, -0.2) is 50.7 Å². The molecule has 0 spiro atoms. The molecule has 0 fully saturated rings. The molecular formula is C3H8CaO3S. The molecule has 0 aromatic rings. The quantitative estimate of drug-likeness (QED) is 0.419. The van der Waals surface area contributed by atoms with Crippen LogP contribution in [0, 0.1) is 0 Å². The summed E-state index contributed by atoms with van der Waals surface area (Å²) in [5.74, 6) is 0. The Kier molecular flexibility index (Phi) is 6.94. The van der Waals surface area contributed by atoms with Crippen molar-refractivity contribution in [2.45, 2.75) is 6.92 Å². The molecule has 0 aliphatic rings. The average Bonchev–Trinajstić information content (AvgIpc) is 1.30. The van der Waals surface area contributed by atoms with Gasteiger partial charge in [-0.25, -0.2) is 0 Å². The topological polar surface area (TPSA) is 54.4 Å². The van der Waals surface area contributed by atoms with Gasteiger partial charge >= 0.3 is 37.7 Å². The molecule has 0 unspecified atom stereocenters. The molecule has 0 saturated heterocycles. The molecule has 0 aromatic heterocycles. The first-order valence-electron chi connectivity index (χ1n) is 1.66. The molecule has 0 bridgehead atoms. The van der Waals surface area contributed by atoms with Gasteiger partial charge in [0.15, 0.2) is 0 Å². The summed E-state index contributed by atoms with van der Waals surface area (Å²) in [6.45, 7) is 1.51. The van der Waals surface area contributed by atoms with Gasteiger partial charge in [-0.1, -0.05) is 6.08 Å². The van der Waals surface area contributed by atoms with Crippen LogP contribution in [0.5, 0.6) is 0 Å². The number of hydrogen-bond acceptors (Lipinski definition) is 2. The van der Waals surface area contributed by atoms with Gasteiger partial charge in [0.25, 0.3) is 10.1 Å². The van der Waals surface area contributed by atoms with Crippen molar-refractivity contribution in [1.82, 2.24) is 0 Å². The van der Waals surface area contributed by atoms with Crippen LogP contribution in [0.2, 0.25) is 0 Å². The van der Waals surface area contributed by atoms with E-state index in [1.165, 1.54) is 13.0 Å². The van der Waals surface area contributed by atoms with Crippen LogP contribution in [0.15, 0.2) is 11.5 Å². The Labute approximate surface area is 78.5 Å². The van der Waals surface area contributed by atoms with Crippen LogP contribution in [0.4, 0.5) is 0 Å². The molecule has 0 heterocycles. The Balaban J connectivity index is 0. The van der Waals surface area contributed by atoms with Crippen LogP contribution in [-0.2, 0) is 10.1 Å². The van der Waals surface area contributed by atoms with E-state index >= 15 is 0 Å². The van der Waals surface area contributed by atoms with Gasteiger partial charge in [-0.3, -0.25) is 4.55 Å². The zero-order valence-corrected chi connectivity index (χ0v) is 4.64. The van der Waals surface area contributed by atoms with Gasteiger partial charge in [-0.05, 0) is 6.92 Å². The second-order valence-corrected chi connectivity index (χ2v) is 2.29. The number of hydrogen-bond donors (Lipinski definition) is 1.